The second-order valence-electron chi connectivity index (χ2n) is 4.10. The van der Waals surface area contributed by atoms with Crippen LogP contribution in [0.5, 0.6) is 0 Å². The summed E-state index contributed by atoms with van der Waals surface area (Å²) in [6, 6.07) is 8.31. The molecule has 0 aliphatic rings. The van der Waals surface area contributed by atoms with Crippen LogP contribution in [0.15, 0.2) is 34.9 Å². The largest absolute Gasteiger partial charge is 0.439 e. The average Bonchev–Trinajstić information content (AvgIpc) is 2.77. The minimum Gasteiger partial charge on any atom is -0.439 e. The van der Waals surface area contributed by atoms with Gasteiger partial charge in [0.05, 0.1) is 12.7 Å². The van der Waals surface area contributed by atoms with Gasteiger partial charge in [-0.15, -0.1) is 0 Å². The predicted molar refractivity (Wildman–Crippen MR) is 63.9 cm³/mol. The maximum atomic E-state index is 5.52. The molecule has 16 heavy (non-hydrogen) atoms. The number of hydrogen-bond acceptors (Lipinski definition) is 3. The van der Waals surface area contributed by atoms with Crippen molar-refractivity contribution in [2.45, 2.75) is 26.3 Å². The summed E-state index contributed by atoms with van der Waals surface area (Å²) in [5.41, 5.74) is 7.81. The summed E-state index contributed by atoms with van der Waals surface area (Å²) in [7, 11) is 0. The van der Waals surface area contributed by atoms with Gasteiger partial charge in [0.2, 0.25) is 5.89 Å². The van der Waals surface area contributed by atoms with Gasteiger partial charge in [-0.2, -0.15) is 0 Å². The van der Waals surface area contributed by atoms with E-state index in [1.165, 1.54) is 5.56 Å². The average molecular weight is 216 g/mol. The van der Waals surface area contributed by atoms with Crippen molar-refractivity contribution in [1.29, 1.82) is 0 Å². The van der Waals surface area contributed by atoms with E-state index in [9.17, 15) is 0 Å². The van der Waals surface area contributed by atoms with Gasteiger partial charge in [-0.1, -0.05) is 32.0 Å². The number of aromatic nitrogens is 1. The Morgan fingerprint density at radius 3 is 2.81 bits per heavy atom. The van der Waals surface area contributed by atoms with E-state index >= 15 is 0 Å². The van der Waals surface area contributed by atoms with E-state index in [0.717, 1.165) is 11.3 Å². The van der Waals surface area contributed by atoms with Crippen LogP contribution in [0.3, 0.4) is 0 Å². The van der Waals surface area contributed by atoms with Crippen LogP contribution in [-0.4, -0.2) is 4.98 Å². The fourth-order valence-electron chi connectivity index (χ4n) is 1.59. The Kier molecular flexibility index (Phi) is 3.06. The lowest BCUT2D eigenvalue weighted by molar-refractivity contribution is 0.509. The standard InChI is InChI=1S/C13H16N2O/c1-9(2)10-4-3-5-11(6-10)12-8-15-13(7-14)16-12/h3-6,8-9H,7,14H2,1-2H3. The van der Waals surface area contributed by atoms with Gasteiger partial charge < -0.3 is 10.2 Å². The van der Waals surface area contributed by atoms with E-state index in [1.54, 1.807) is 6.20 Å². The van der Waals surface area contributed by atoms with E-state index in [4.69, 9.17) is 10.2 Å². The highest BCUT2D eigenvalue weighted by Gasteiger charge is 2.06. The van der Waals surface area contributed by atoms with E-state index < -0.39 is 0 Å². The highest BCUT2D eigenvalue weighted by atomic mass is 16.4. The lowest BCUT2D eigenvalue weighted by Crippen LogP contribution is -1.94. The molecule has 2 N–H and O–H groups in total. The molecule has 84 valence electrons. The summed E-state index contributed by atoms with van der Waals surface area (Å²) in [6.45, 7) is 4.68. The highest BCUT2D eigenvalue weighted by Crippen LogP contribution is 2.24. The van der Waals surface area contributed by atoms with Crippen LogP contribution in [0.25, 0.3) is 11.3 Å². The van der Waals surface area contributed by atoms with Crippen molar-refractivity contribution in [3.63, 3.8) is 0 Å². The van der Waals surface area contributed by atoms with Crippen LogP contribution in [0, 0.1) is 0 Å². The van der Waals surface area contributed by atoms with Crippen molar-refractivity contribution in [3.05, 3.63) is 41.9 Å². The molecule has 0 aliphatic carbocycles. The third kappa shape index (κ3) is 2.14. The quantitative estimate of drug-likeness (QED) is 0.858. The minimum atomic E-state index is 0.337. The number of nitrogens with two attached hydrogens (primary N) is 1. The summed E-state index contributed by atoms with van der Waals surface area (Å²) in [4.78, 5) is 4.09. The molecule has 1 aromatic carbocycles. The lowest BCUT2D eigenvalue weighted by Gasteiger charge is -2.06. The molecule has 1 aromatic heterocycles. The van der Waals surface area contributed by atoms with Gasteiger partial charge in [-0.3, -0.25) is 0 Å². The smallest absolute Gasteiger partial charge is 0.208 e. The van der Waals surface area contributed by atoms with Gasteiger partial charge in [0.1, 0.15) is 0 Å². The second kappa shape index (κ2) is 4.49. The van der Waals surface area contributed by atoms with E-state index in [0.29, 0.717) is 18.4 Å². The highest BCUT2D eigenvalue weighted by molar-refractivity contribution is 5.57. The van der Waals surface area contributed by atoms with Crippen LogP contribution in [-0.2, 0) is 6.54 Å². The summed E-state index contributed by atoms with van der Waals surface area (Å²) < 4.78 is 5.52. The molecule has 0 spiro atoms. The van der Waals surface area contributed by atoms with Gasteiger partial charge in [-0.05, 0) is 17.5 Å². The third-order valence-corrected chi connectivity index (χ3v) is 2.57. The Balaban J connectivity index is 2.36. The first-order valence-corrected chi connectivity index (χ1v) is 5.46. The molecule has 0 atom stereocenters. The Labute approximate surface area is 95.3 Å². The van der Waals surface area contributed by atoms with Crippen LogP contribution >= 0.6 is 0 Å². The second-order valence-corrected chi connectivity index (χ2v) is 4.10. The molecule has 0 bridgehead atoms. The Hall–Kier alpha value is -1.61. The first-order valence-electron chi connectivity index (χ1n) is 5.46. The third-order valence-electron chi connectivity index (χ3n) is 2.57. The summed E-state index contributed by atoms with van der Waals surface area (Å²) >= 11 is 0. The van der Waals surface area contributed by atoms with E-state index in [-0.39, 0.29) is 0 Å². The molecule has 3 nitrogen and oxygen atoms in total. The molecule has 0 saturated carbocycles. The number of rotatable bonds is 3. The van der Waals surface area contributed by atoms with Gasteiger partial charge in [0.15, 0.2) is 5.76 Å². The van der Waals surface area contributed by atoms with Crippen LogP contribution < -0.4 is 5.73 Å². The van der Waals surface area contributed by atoms with E-state index in [1.807, 2.05) is 12.1 Å². The molecule has 0 fully saturated rings. The number of nitrogens with zero attached hydrogens (tertiary/aromatic N) is 1. The minimum absolute atomic E-state index is 0.337. The van der Waals surface area contributed by atoms with Crippen LogP contribution in [0.4, 0.5) is 0 Å². The molecule has 2 aromatic rings. The van der Waals surface area contributed by atoms with Crippen LogP contribution in [0.1, 0.15) is 31.2 Å². The van der Waals surface area contributed by atoms with Gasteiger partial charge in [-0.25, -0.2) is 4.98 Å². The summed E-state index contributed by atoms with van der Waals surface area (Å²) in [5.74, 6) is 1.87. The Bertz CT molecular complexity index is 474. The zero-order valence-electron chi connectivity index (χ0n) is 9.60. The SMILES string of the molecule is CC(C)c1cccc(-c2cnc(CN)o2)c1. The van der Waals surface area contributed by atoms with Gasteiger partial charge in [0, 0.05) is 5.56 Å². The molecular weight excluding hydrogens is 200 g/mol. The topological polar surface area (TPSA) is 52.0 Å². The van der Waals surface area contributed by atoms with Crippen molar-refractivity contribution in [2.75, 3.05) is 0 Å². The molecule has 0 amide bonds. The maximum Gasteiger partial charge on any atom is 0.208 e. The molecule has 2 rings (SSSR count). The number of oxazole rings is 1. The molecule has 0 aliphatic heterocycles. The van der Waals surface area contributed by atoms with Crippen molar-refractivity contribution < 1.29 is 4.42 Å². The van der Waals surface area contributed by atoms with Crippen molar-refractivity contribution in [2.24, 2.45) is 5.73 Å². The Morgan fingerprint density at radius 2 is 2.19 bits per heavy atom. The normalized spacial score (nSPS) is 11.0. The van der Waals surface area contributed by atoms with Crippen molar-refractivity contribution in [1.82, 2.24) is 4.98 Å². The van der Waals surface area contributed by atoms with Gasteiger partial charge in [0.25, 0.3) is 0 Å². The molecule has 1 heterocycles. The van der Waals surface area contributed by atoms with Crippen molar-refractivity contribution in [3.8, 4) is 11.3 Å². The number of benzene rings is 1. The first-order chi connectivity index (χ1) is 7.70. The monoisotopic (exact) mass is 216 g/mol. The molecule has 0 radical (unpaired) electrons. The summed E-state index contributed by atoms with van der Waals surface area (Å²) in [5, 5.41) is 0. The van der Waals surface area contributed by atoms with Gasteiger partial charge >= 0.3 is 0 Å². The molecule has 3 heteroatoms. The zero-order chi connectivity index (χ0) is 11.5. The number of hydrogen-bond donors (Lipinski definition) is 1. The van der Waals surface area contributed by atoms with Crippen molar-refractivity contribution >= 4 is 0 Å². The Morgan fingerprint density at radius 1 is 1.38 bits per heavy atom. The predicted octanol–water partition coefficient (Wildman–Crippen LogP) is 2.92. The van der Waals surface area contributed by atoms with E-state index in [2.05, 4.69) is 31.0 Å². The fourth-order valence-corrected chi connectivity index (χ4v) is 1.59. The fraction of sp³-hybridized carbons (Fsp3) is 0.308. The zero-order valence-corrected chi connectivity index (χ0v) is 9.60. The first kappa shape index (κ1) is 10.9. The summed E-state index contributed by atoms with van der Waals surface area (Å²) in [6.07, 6.45) is 1.72. The molecular formula is C13H16N2O. The lowest BCUT2D eigenvalue weighted by atomic mass is 10.0. The molecule has 0 unspecified atom stereocenters. The van der Waals surface area contributed by atoms with Crippen LogP contribution in [0.2, 0.25) is 0 Å². The maximum absolute atomic E-state index is 5.52. The molecule has 0 saturated heterocycles.